The summed E-state index contributed by atoms with van der Waals surface area (Å²) >= 11 is 8.91. The van der Waals surface area contributed by atoms with Gasteiger partial charge in [0.15, 0.2) is 4.67 Å². The number of hydrogen-bond donors (Lipinski definition) is 1. The molecule has 0 spiro atoms. The molecule has 0 saturated carbocycles. The Morgan fingerprint density at radius 2 is 2.39 bits per heavy atom. The number of hydrogen-bond acceptors (Lipinski definition) is 4. The lowest BCUT2D eigenvalue weighted by molar-refractivity contribution is 0.183. The summed E-state index contributed by atoms with van der Waals surface area (Å²) in [6.45, 7) is 5.02. The van der Waals surface area contributed by atoms with Gasteiger partial charge in [-0.15, -0.1) is 0 Å². The second kappa shape index (κ2) is 6.79. The molecular weight excluding hydrogens is 380 g/mol. The van der Waals surface area contributed by atoms with Crippen LogP contribution in [0.1, 0.15) is 25.1 Å². The van der Waals surface area contributed by atoms with Crippen LogP contribution in [0.15, 0.2) is 19.6 Å². The molecule has 0 bridgehead atoms. The summed E-state index contributed by atoms with van der Waals surface area (Å²) < 4.78 is 7.43. The van der Waals surface area contributed by atoms with Crippen molar-refractivity contribution in [3.8, 4) is 0 Å². The Hall–Kier alpha value is 0.510. The summed E-state index contributed by atoms with van der Waals surface area (Å²) in [6, 6.07) is 2.20. The van der Waals surface area contributed by atoms with E-state index in [0.29, 0.717) is 6.54 Å². The van der Waals surface area contributed by atoms with Crippen LogP contribution in [0.25, 0.3) is 0 Å². The number of rotatable bonds is 4. The molecule has 18 heavy (non-hydrogen) atoms. The lowest BCUT2D eigenvalue weighted by Crippen LogP contribution is -2.42. The molecule has 2 N–H and O–H groups in total. The topological polar surface area (TPSA) is 42.4 Å². The summed E-state index contributed by atoms with van der Waals surface area (Å²) in [4.78, 5) is 2.45. The van der Waals surface area contributed by atoms with Crippen molar-refractivity contribution in [2.75, 3.05) is 25.4 Å². The number of halogens is 2. The molecule has 2 rings (SSSR count). The average molecular weight is 398 g/mol. The molecule has 1 aromatic rings. The van der Waals surface area contributed by atoms with Crippen molar-refractivity contribution in [1.82, 2.24) is 4.90 Å². The van der Waals surface area contributed by atoms with Gasteiger partial charge in [0.05, 0.1) is 10.5 Å². The third kappa shape index (κ3) is 3.33. The maximum Gasteiger partial charge on any atom is 0.183 e. The van der Waals surface area contributed by atoms with Gasteiger partial charge in [0.2, 0.25) is 0 Å². The maximum absolute atomic E-state index is 5.94. The van der Waals surface area contributed by atoms with Crippen LogP contribution in [-0.4, -0.2) is 35.5 Å². The SMILES string of the molecule is CCC1CN(C(CN)c2cc(Br)c(Br)o2)CCS1. The smallest absolute Gasteiger partial charge is 0.183 e. The highest BCUT2D eigenvalue weighted by Gasteiger charge is 2.28. The van der Waals surface area contributed by atoms with Gasteiger partial charge in [-0.05, 0) is 44.3 Å². The van der Waals surface area contributed by atoms with Gasteiger partial charge >= 0.3 is 0 Å². The van der Waals surface area contributed by atoms with Crippen LogP contribution in [0.2, 0.25) is 0 Å². The Labute approximate surface area is 129 Å². The molecule has 6 heteroatoms. The van der Waals surface area contributed by atoms with Gasteiger partial charge in [0.1, 0.15) is 5.76 Å². The molecule has 0 amide bonds. The van der Waals surface area contributed by atoms with E-state index in [2.05, 4.69) is 55.4 Å². The van der Waals surface area contributed by atoms with E-state index in [1.807, 2.05) is 6.07 Å². The quantitative estimate of drug-likeness (QED) is 0.842. The van der Waals surface area contributed by atoms with Crippen LogP contribution in [0.5, 0.6) is 0 Å². The molecular formula is C12H18Br2N2OS. The Kier molecular flexibility index (Phi) is 5.63. The molecule has 1 aromatic heterocycles. The van der Waals surface area contributed by atoms with Gasteiger partial charge in [0, 0.05) is 30.6 Å². The van der Waals surface area contributed by atoms with Crippen molar-refractivity contribution < 1.29 is 4.42 Å². The fourth-order valence-corrected chi connectivity index (χ4v) is 4.06. The first-order valence-corrected chi connectivity index (χ1v) is 8.79. The second-order valence-corrected chi connectivity index (χ2v) is 7.40. The van der Waals surface area contributed by atoms with E-state index in [1.165, 1.54) is 12.2 Å². The van der Waals surface area contributed by atoms with Crippen molar-refractivity contribution in [2.45, 2.75) is 24.6 Å². The molecule has 1 aliphatic heterocycles. The highest BCUT2D eigenvalue weighted by atomic mass is 79.9. The molecule has 1 saturated heterocycles. The monoisotopic (exact) mass is 396 g/mol. The highest BCUT2D eigenvalue weighted by Crippen LogP contribution is 2.34. The fourth-order valence-electron chi connectivity index (χ4n) is 2.24. The molecule has 102 valence electrons. The van der Waals surface area contributed by atoms with Crippen LogP contribution in [0, 0.1) is 0 Å². The van der Waals surface area contributed by atoms with Gasteiger partial charge in [-0.1, -0.05) is 6.92 Å². The van der Waals surface area contributed by atoms with E-state index in [9.17, 15) is 0 Å². The predicted octanol–water partition coefficient (Wildman–Crippen LogP) is 3.63. The van der Waals surface area contributed by atoms with E-state index < -0.39 is 0 Å². The van der Waals surface area contributed by atoms with Crippen LogP contribution in [0.4, 0.5) is 0 Å². The van der Waals surface area contributed by atoms with Gasteiger partial charge in [-0.25, -0.2) is 0 Å². The lowest BCUT2D eigenvalue weighted by atomic mass is 10.1. The first-order valence-electron chi connectivity index (χ1n) is 6.16. The molecule has 0 aliphatic carbocycles. The molecule has 1 fully saturated rings. The summed E-state index contributed by atoms with van der Waals surface area (Å²) in [7, 11) is 0. The zero-order valence-electron chi connectivity index (χ0n) is 10.4. The standard InChI is InChI=1S/C12H18Br2N2OS/c1-2-8-7-16(3-4-18-8)10(6-15)11-5-9(13)12(14)17-11/h5,8,10H,2-4,6-7,15H2,1H3. The minimum absolute atomic E-state index is 0.183. The molecule has 1 aliphatic rings. The summed E-state index contributed by atoms with van der Waals surface area (Å²) in [5.74, 6) is 2.12. The van der Waals surface area contributed by atoms with Crippen molar-refractivity contribution >= 4 is 43.6 Å². The van der Waals surface area contributed by atoms with Crippen LogP contribution < -0.4 is 5.73 Å². The van der Waals surface area contributed by atoms with Crippen LogP contribution in [0.3, 0.4) is 0 Å². The summed E-state index contributed by atoms with van der Waals surface area (Å²) in [5.41, 5.74) is 5.94. The molecule has 2 unspecified atom stereocenters. The zero-order valence-corrected chi connectivity index (χ0v) is 14.4. The van der Waals surface area contributed by atoms with E-state index in [0.717, 1.165) is 33.2 Å². The number of thioether (sulfide) groups is 1. The number of furan rings is 1. The van der Waals surface area contributed by atoms with Crippen LogP contribution in [-0.2, 0) is 0 Å². The lowest BCUT2D eigenvalue weighted by Gasteiger charge is -2.36. The molecule has 0 radical (unpaired) electrons. The Bertz CT molecular complexity index is 380. The van der Waals surface area contributed by atoms with Gasteiger partial charge in [-0.3, -0.25) is 4.90 Å². The molecule has 2 heterocycles. The highest BCUT2D eigenvalue weighted by molar-refractivity contribution is 9.13. The number of nitrogens with zero attached hydrogens (tertiary/aromatic N) is 1. The summed E-state index contributed by atoms with van der Waals surface area (Å²) in [5, 5.41) is 0.717. The van der Waals surface area contributed by atoms with E-state index >= 15 is 0 Å². The molecule has 3 nitrogen and oxygen atoms in total. The first-order chi connectivity index (χ1) is 8.65. The van der Waals surface area contributed by atoms with Crippen LogP contribution >= 0.6 is 43.6 Å². The third-order valence-corrected chi connectivity index (χ3v) is 6.36. The van der Waals surface area contributed by atoms with Gasteiger partial charge in [0.25, 0.3) is 0 Å². The second-order valence-electron chi connectivity index (χ2n) is 4.42. The zero-order chi connectivity index (χ0) is 13.1. The molecule has 0 aromatic carbocycles. The average Bonchev–Trinajstić information content (AvgIpc) is 2.70. The van der Waals surface area contributed by atoms with E-state index in [-0.39, 0.29) is 6.04 Å². The van der Waals surface area contributed by atoms with Crippen molar-refractivity contribution in [1.29, 1.82) is 0 Å². The minimum atomic E-state index is 0.183. The fraction of sp³-hybridized carbons (Fsp3) is 0.667. The van der Waals surface area contributed by atoms with Crippen molar-refractivity contribution in [3.63, 3.8) is 0 Å². The first kappa shape index (κ1) is 14.9. The predicted molar refractivity (Wildman–Crippen MR) is 84.0 cm³/mol. The third-order valence-electron chi connectivity index (χ3n) is 3.28. The Morgan fingerprint density at radius 1 is 1.61 bits per heavy atom. The maximum atomic E-state index is 5.94. The van der Waals surface area contributed by atoms with Crippen molar-refractivity contribution in [3.05, 3.63) is 21.0 Å². The van der Waals surface area contributed by atoms with E-state index in [4.69, 9.17) is 10.2 Å². The number of nitrogens with two attached hydrogens (primary N) is 1. The van der Waals surface area contributed by atoms with Gasteiger partial charge in [-0.2, -0.15) is 11.8 Å². The normalized spacial score (nSPS) is 23.2. The van der Waals surface area contributed by atoms with Gasteiger partial charge < -0.3 is 10.2 Å². The molecule has 2 atom stereocenters. The largest absolute Gasteiger partial charge is 0.451 e. The summed E-state index contributed by atoms with van der Waals surface area (Å²) in [6.07, 6.45) is 1.21. The van der Waals surface area contributed by atoms with E-state index in [1.54, 1.807) is 0 Å². The Balaban J connectivity index is 2.12. The minimum Gasteiger partial charge on any atom is -0.451 e. The van der Waals surface area contributed by atoms with Crippen molar-refractivity contribution in [2.24, 2.45) is 5.73 Å². The Morgan fingerprint density at radius 3 is 2.94 bits per heavy atom.